The lowest BCUT2D eigenvalue weighted by atomic mass is 10.1. The molecule has 0 heterocycles. The predicted molar refractivity (Wildman–Crippen MR) is 63.7 cm³/mol. The number of para-hydroxylation sites is 1. The number of hydrogen-bond donors (Lipinski definition) is 3. The van der Waals surface area contributed by atoms with E-state index in [1.165, 1.54) is 0 Å². The van der Waals surface area contributed by atoms with E-state index in [1.807, 2.05) is 5.32 Å². The maximum atomic E-state index is 11.2. The number of oxime groups is 1. The first-order valence-corrected chi connectivity index (χ1v) is 5.04. The largest absolute Gasteiger partial charge is 0.483 e. The van der Waals surface area contributed by atoms with Gasteiger partial charge in [-0.2, -0.15) is 0 Å². The minimum absolute atomic E-state index is 0.348. The van der Waals surface area contributed by atoms with Gasteiger partial charge in [0, 0.05) is 5.56 Å². The highest BCUT2D eigenvalue weighted by molar-refractivity contribution is 6.01. The molecule has 0 radical (unpaired) electrons. The minimum Gasteiger partial charge on any atom is -0.483 e. The van der Waals surface area contributed by atoms with Gasteiger partial charge in [-0.05, 0) is 19.1 Å². The molecule has 0 saturated heterocycles. The summed E-state index contributed by atoms with van der Waals surface area (Å²) in [6.45, 7) is 1.23. The molecule has 0 bridgehead atoms. The Bertz CT molecular complexity index is 485. The van der Waals surface area contributed by atoms with Crippen molar-refractivity contribution in [2.45, 2.75) is 6.92 Å². The first-order valence-electron chi connectivity index (χ1n) is 5.04. The van der Waals surface area contributed by atoms with Crippen LogP contribution in [0.15, 0.2) is 29.4 Å². The molecule has 3 amide bonds. The second kappa shape index (κ2) is 6.24. The molecule has 7 heteroatoms. The zero-order chi connectivity index (χ0) is 13.5. The molecule has 1 aromatic carbocycles. The van der Waals surface area contributed by atoms with Crippen molar-refractivity contribution in [3.05, 3.63) is 29.8 Å². The Balaban J connectivity index is 2.73. The fraction of sp³-hybridized carbons (Fsp3) is 0.182. The van der Waals surface area contributed by atoms with Gasteiger partial charge in [-0.15, -0.1) is 0 Å². The number of nitrogens with zero attached hydrogens (tertiary/aromatic N) is 1. The number of amides is 3. The Kier molecular flexibility index (Phi) is 4.67. The molecule has 0 unspecified atom stereocenters. The van der Waals surface area contributed by atoms with Crippen molar-refractivity contribution in [1.29, 1.82) is 0 Å². The molecule has 0 fully saturated rings. The van der Waals surface area contributed by atoms with Crippen molar-refractivity contribution in [2.24, 2.45) is 10.9 Å². The summed E-state index contributed by atoms with van der Waals surface area (Å²) in [5.41, 5.74) is 5.68. The lowest BCUT2D eigenvalue weighted by molar-refractivity contribution is -0.121. The summed E-state index contributed by atoms with van der Waals surface area (Å²) in [5, 5.41) is 13.6. The highest BCUT2D eigenvalue weighted by Gasteiger charge is 2.09. The summed E-state index contributed by atoms with van der Waals surface area (Å²) in [7, 11) is 0. The summed E-state index contributed by atoms with van der Waals surface area (Å²) in [6, 6.07) is 5.79. The molecular weight excluding hydrogens is 238 g/mol. The molecule has 0 aliphatic rings. The Morgan fingerprint density at radius 2 is 2.11 bits per heavy atom. The van der Waals surface area contributed by atoms with Crippen LogP contribution in [0, 0.1) is 0 Å². The van der Waals surface area contributed by atoms with E-state index in [0.717, 1.165) is 0 Å². The number of carbonyl (C=O) groups excluding carboxylic acids is 2. The van der Waals surface area contributed by atoms with E-state index in [-0.39, 0.29) is 6.61 Å². The number of rotatable bonds is 4. The van der Waals surface area contributed by atoms with Gasteiger partial charge in [0.2, 0.25) is 0 Å². The van der Waals surface area contributed by atoms with Gasteiger partial charge in [-0.3, -0.25) is 10.1 Å². The van der Waals surface area contributed by atoms with E-state index < -0.39 is 11.9 Å². The summed E-state index contributed by atoms with van der Waals surface area (Å²) in [6.07, 6.45) is 0. The normalized spacial score (nSPS) is 10.8. The summed E-state index contributed by atoms with van der Waals surface area (Å²) < 4.78 is 5.21. The first-order chi connectivity index (χ1) is 8.54. The number of imide groups is 1. The fourth-order valence-corrected chi connectivity index (χ4v) is 1.26. The molecule has 18 heavy (non-hydrogen) atoms. The monoisotopic (exact) mass is 251 g/mol. The van der Waals surface area contributed by atoms with Gasteiger partial charge in [0.1, 0.15) is 5.75 Å². The molecule has 4 N–H and O–H groups in total. The van der Waals surface area contributed by atoms with Crippen LogP contribution in [0.4, 0.5) is 4.79 Å². The standard InChI is InChI=1S/C11H13N3O4/c1-7(14-17)8-4-2-3-5-9(8)18-6-10(15)13-11(12)16/h2-5,17H,6H2,1H3,(H3,12,13,15,16)/b14-7+. The molecule has 1 aromatic rings. The van der Waals surface area contributed by atoms with Crippen molar-refractivity contribution in [2.75, 3.05) is 6.61 Å². The topological polar surface area (TPSA) is 114 Å². The van der Waals surface area contributed by atoms with Crippen LogP contribution in [0.5, 0.6) is 5.75 Å². The minimum atomic E-state index is -0.940. The molecule has 1 rings (SSSR count). The Labute approximate surface area is 103 Å². The second-order valence-corrected chi connectivity index (χ2v) is 3.38. The number of primary amides is 1. The summed E-state index contributed by atoms with van der Waals surface area (Å²) >= 11 is 0. The third-order valence-electron chi connectivity index (χ3n) is 2.05. The molecule has 0 aliphatic carbocycles. The number of urea groups is 1. The Morgan fingerprint density at radius 3 is 2.72 bits per heavy atom. The van der Waals surface area contributed by atoms with Gasteiger partial charge >= 0.3 is 6.03 Å². The van der Waals surface area contributed by atoms with Gasteiger partial charge in [0.25, 0.3) is 5.91 Å². The molecule has 0 aliphatic heterocycles. The van der Waals surface area contributed by atoms with Crippen LogP contribution in [0.25, 0.3) is 0 Å². The van der Waals surface area contributed by atoms with E-state index in [2.05, 4.69) is 5.16 Å². The number of nitrogens with one attached hydrogen (secondary N) is 1. The highest BCUT2D eigenvalue weighted by atomic mass is 16.5. The Morgan fingerprint density at radius 1 is 1.44 bits per heavy atom. The third-order valence-corrected chi connectivity index (χ3v) is 2.05. The van der Waals surface area contributed by atoms with Crippen LogP contribution in [0.1, 0.15) is 12.5 Å². The fourth-order valence-electron chi connectivity index (χ4n) is 1.26. The highest BCUT2D eigenvalue weighted by Crippen LogP contribution is 2.18. The van der Waals surface area contributed by atoms with Crippen LogP contribution in [-0.4, -0.2) is 29.5 Å². The van der Waals surface area contributed by atoms with Crippen molar-refractivity contribution in [1.82, 2.24) is 5.32 Å². The average molecular weight is 251 g/mol. The summed E-state index contributed by atoms with van der Waals surface area (Å²) in [4.78, 5) is 21.6. The number of carbonyl (C=O) groups is 2. The quantitative estimate of drug-likeness (QED) is 0.409. The zero-order valence-corrected chi connectivity index (χ0v) is 9.71. The van der Waals surface area contributed by atoms with Crippen molar-refractivity contribution >= 4 is 17.6 Å². The van der Waals surface area contributed by atoms with Crippen molar-refractivity contribution < 1.29 is 19.5 Å². The maximum absolute atomic E-state index is 11.2. The van der Waals surface area contributed by atoms with Crippen molar-refractivity contribution in [3.8, 4) is 5.75 Å². The number of benzene rings is 1. The first kappa shape index (κ1) is 13.5. The Hall–Kier alpha value is -2.57. The number of ether oxygens (including phenoxy) is 1. The van der Waals surface area contributed by atoms with E-state index in [9.17, 15) is 9.59 Å². The lowest BCUT2D eigenvalue weighted by Gasteiger charge is -2.09. The lowest BCUT2D eigenvalue weighted by Crippen LogP contribution is -2.38. The molecule has 96 valence electrons. The third kappa shape index (κ3) is 3.78. The van der Waals surface area contributed by atoms with Crippen LogP contribution < -0.4 is 15.8 Å². The molecule has 0 spiro atoms. The van der Waals surface area contributed by atoms with Gasteiger partial charge < -0.3 is 15.7 Å². The van der Waals surface area contributed by atoms with Gasteiger partial charge in [0.05, 0.1) is 5.71 Å². The van der Waals surface area contributed by atoms with Gasteiger partial charge in [-0.1, -0.05) is 17.3 Å². The van der Waals surface area contributed by atoms with Gasteiger partial charge in [-0.25, -0.2) is 4.79 Å². The smallest absolute Gasteiger partial charge is 0.318 e. The maximum Gasteiger partial charge on any atom is 0.318 e. The van der Waals surface area contributed by atoms with Crippen LogP contribution in [0.2, 0.25) is 0 Å². The van der Waals surface area contributed by atoms with Gasteiger partial charge in [0.15, 0.2) is 6.61 Å². The summed E-state index contributed by atoms with van der Waals surface area (Å²) in [5.74, 6) is -0.289. The van der Waals surface area contributed by atoms with E-state index >= 15 is 0 Å². The predicted octanol–water partition coefficient (Wildman–Crippen LogP) is 0.459. The number of hydrogen-bond acceptors (Lipinski definition) is 5. The molecule has 0 saturated carbocycles. The molecular formula is C11H13N3O4. The van der Waals surface area contributed by atoms with E-state index in [0.29, 0.717) is 17.0 Å². The van der Waals surface area contributed by atoms with Crippen LogP contribution in [-0.2, 0) is 4.79 Å². The van der Waals surface area contributed by atoms with Crippen LogP contribution in [0.3, 0.4) is 0 Å². The second-order valence-electron chi connectivity index (χ2n) is 3.38. The van der Waals surface area contributed by atoms with Crippen LogP contribution >= 0.6 is 0 Å². The SMILES string of the molecule is C/C(=N\O)c1ccccc1OCC(=O)NC(N)=O. The molecule has 0 atom stereocenters. The van der Waals surface area contributed by atoms with Crippen molar-refractivity contribution in [3.63, 3.8) is 0 Å². The average Bonchev–Trinajstić information content (AvgIpc) is 2.35. The van der Waals surface area contributed by atoms with E-state index in [4.69, 9.17) is 15.7 Å². The number of nitrogens with two attached hydrogens (primary N) is 1. The molecule has 0 aromatic heterocycles. The molecule has 7 nitrogen and oxygen atoms in total. The van der Waals surface area contributed by atoms with E-state index in [1.54, 1.807) is 31.2 Å². The zero-order valence-electron chi connectivity index (χ0n) is 9.71.